The van der Waals surface area contributed by atoms with Crippen molar-refractivity contribution >= 4 is 5.91 Å². The van der Waals surface area contributed by atoms with Crippen LogP contribution in [0, 0.1) is 0 Å². The molecule has 0 aliphatic carbocycles. The lowest BCUT2D eigenvalue weighted by molar-refractivity contribution is -0.120. The van der Waals surface area contributed by atoms with Crippen molar-refractivity contribution in [3.63, 3.8) is 0 Å². The second-order valence-corrected chi connectivity index (χ2v) is 6.59. The highest BCUT2D eigenvalue weighted by Gasteiger charge is 2.09. The van der Waals surface area contributed by atoms with Crippen LogP contribution in [0.15, 0.2) is 82.6 Å². The van der Waals surface area contributed by atoms with Gasteiger partial charge in [-0.25, -0.2) is 9.48 Å². The van der Waals surface area contributed by atoms with Crippen LogP contribution in [-0.2, 0) is 17.8 Å². The summed E-state index contributed by atoms with van der Waals surface area (Å²) in [6.07, 6.45) is 3.22. The molecule has 4 aromatic rings. The van der Waals surface area contributed by atoms with Crippen LogP contribution >= 0.6 is 0 Å². The molecule has 0 bridgehead atoms. The normalized spacial score (nSPS) is 10.7. The fraction of sp³-hybridized carbons (Fsp3) is 0.0952. The molecule has 0 atom stereocenters. The average molecular weight is 402 g/mol. The van der Waals surface area contributed by atoms with E-state index in [0.717, 1.165) is 11.3 Å². The molecule has 0 aliphatic rings. The summed E-state index contributed by atoms with van der Waals surface area (Å²) in [5, 5.41) is 11.0. The van der Waals surface area contributed by atoms with Crippen molar-refractivity contribution in [1.29, 1.82) is 0 Å². The number of nitrogens with zero attached hydrogens (tertiary/aromatic N) is 4. The summed E-state index contributed by atoms with van der Waals surface area (Å²) in [7, 11) is 0. The highest BCUT2D eigenvalue weighted by Crippen LogP contribution is 2.11. The van der Waals surface area contributed by atoms with E-state index in [1.165, 1.54) is 16.8 Å². The van der Waals surface area contributed by atoms with Crippen molar-refractivity contribution in [3.8, 4) is 11.4 Å². The van der Waals surface area contributed by atoms with Gasteiger partial charge in [0.1, 0.15) is 0 Å². The molecule has 0 fully saturated rings. The van der Waals surface area contributed by atoms with E-state index in [9.17, 15) is 14.4 Å². The minimum absolute atomic E-state index is 0.123. The number of benzene rings is 2. The summed E-state index contributed by atoms with van der Waals surface area (Å²) in [5.74, 6) is -0.140. The first-order valence-corrected chi connectivity index (χ1v) is 9.23. The van der Waals surface area contributed by atoms with E-state index >= 15 is 0 Å². The molecule has 2 aromatic heterocycles. The third-order valence-electron chi connectivity index (χ3n) is 4.43. The van der Waals surface area contributed by atoms with E-state index in [0.29, 0.717) is 17.9 Å². The smallest absolute Gasteiger partial charge is 0.332 e. The van der Waals surface area contributed by atoms with E-state index in [1.807, 2.05) is 30.3 Å². The molecule has 2 heterocycles. The maximum atomic E-state index is 12.1. The number of aromatic amines is 1. The zero-order chi connectivity index (χ0) is 20.9. The van der Waals surface area contributed by atoms with Crippen molar-refractivity contribution in [2.24, 2.45) is 0 Å². The first-order chi connectivity index (χ1) is 14.6. The minimum atomic E-state index is -0.514. The molecule has 9 nitrogen and oxygen atoms in total. The maximum Gasteiger partial charge on any atom is 0.332 e. The quantitative estimate of drug-likeness (QED) is 0.499. The topological polar surface area (TPSA) is 115 Å². The molecule has 30 heavy (non-hydrogen) atoms. The Bertz CT molecular complexity index is 1270. The Hall–Kier alpha value is -4.27. The van der Waals surface area contributed by atoms with E-state index < -0.39 is 11.2 Å². The first-order valence-electron chi connectivity index (χ1n) is 9.23. The van der Waals surface area contributed by atoms with Gasteiger partial charge in [0.2, 0.25) is 5.91 Å². The Morgan fingerprint density at radius 1 is 0.967 bits per heavy atom. The molecule has 0 saturated heterocycles. The Morgan fingerprint density at radius 2 is 1.70 bits per heavy atom. The number of aromatic nitrogens is 5. The van der Waals surface area contributed by atoms with Crippen LogP contribution < -0.4 is 16.6 Å². The van der Waals surface area contributed by atoms with Crippen molar-refractivity contribution in [1.82, 2.24) is 29.9 Å². The average Bonchev–Trinajstić information content (AvgIpc) is 3.22. The van der Waals surface area contributed by atoms with Gasteiger partial charge in [-0.2, -0.15) is 0 Å². The Kier molecular flexibility index (Phi) is 5.33. The van der Waals surface area contributed by atoms with Crippen LogP contribution in [0.3, 0.4) is 0 Å². The van der Waals surface area contributed by atoms with E-state index in [1.54, 1.807) is 35.1 Å². The highest BCUT2D eigenvalue weighted by atomic mass is 16.2. The molecule has 0 spiro atoms. The summed E-state index contributed by atoms with van der Waals surface area (Å²) in [4.78, 5) is 37.4. The molecule has 0 aliphatic heterocycles. The number of nitrogens with one attached hydrogen (secondary N) is 2. The largest absolute Gasteiger partial charge is 0.352 e. The lowest BCUT2D eigenvalue weighted by Gasteiger charge is -2.06. The molecule has 150 valence electrons. The van der Waals surface area contributed by atoms with Crippen molar-refractivity contribution < 1.29 is 4.79 Å². The zero-order valence-electron chi connectivity index (χ0n) is 15.9. The van der Waals surface area contributed by atoms with Gasteiger partial charge in [0.15, 0.2) is 0 Å². The molecular weight excluding hydrogens is 384 g/mol. The molecular formula is C21H18N6O3. The number of rotatable bonds is 6. The predicted molar refractivity (Wildman–Crippen MR) is 110 cm³/mol. The van der Waals surface area contributed by atoms with Crippen LogP contribution in [0.4, 0.5) is 0 Å². The summed E-state index contributed by atoms with van der Waals surface area (Å²) >= 11 is 0. The summed E-state index contributed by atoms with van der Waals surface area (Å²) in [6.45, 7) is 0.458. The van der Waals surface area contributed by atoms with E-state index in [-0.39, 0.29) is 12.3 Å². The third-order valence-corrected chi connectivity index (χ3v) is 4.43. The fourth-order valence-corrected chi connectivity index (χ4v) is 2.92. The molecule has 0 unspecified atom stereocenters. The van der Waals surface area contributed by atoms with Crippen molar-refractivity contribution in [2.45, 2.75) is 13.0 Å². The minimum Gasteiger partial charge on any atom is -0.352 e. The van der Waals surface area contributed by atoms with Crippen LogP contribution in [0.1, 0.15) is 11.3 Å². The SMILES string of the molecule is O=C(Cc1cn(-c2ccc(-n3ccc(=O)[nH]c3=O)cc2)nn1)NCc1ccccc1. The van der Waals surface area contributed by atoms with Crippen LogP contribution in [-0.4, -0.2) is 30.5 Å². The third kappa shape index (κ3) is 4.41. The zero-order valence-corrected chi connectivity index (χ0v) is 15.9. The summed E-state index contributed by atoms with van der Waals surface area (Å²) in [6, 6.07) is 17.9. The maximum absolute atomic E-state index is 12.1. The van der Waals surface area contributed by atoms with Gasteiger partial charge in [-0.15, -0.1) is 5.10 Å². The molecule has 4 rings (SSSR count). The second-order valence-electron chi connectivity index (χ2n) is 6.59. The fourth-order valence-electron chi connectivity index (χ4n) is 2.92. The van der Waals surface area contributed by atoms with Gasteiger partial charge < -0.3 is 5.32 Å². The highest BCUT2D eigenvalue weighted by molar-refractivity contribution is 5.78. The van der Waals surface area contributed by atoms with Gasteiger partial charge in [-0.3, -0.25) is 19.1 Å². The molecule has 0 saturated carbocycles. The van der Waals surface area contributed by atoms with Crippen molar-refractivity contribution in [2.75, 3.05) is 0 Å². The molecule has 9 heteroatoms. The number of H-pyrrole nitrogens is 1. The second kappa shape index (κ2) is 8.39. The lowest BCUT2D eigenvalue weighted by atomic mass is 10.2. The predicted octanol–water partition coefficient (Wildman–Crippen LogP) is 0.965. The Balaban J connectivity index is 1.41. The van der Waals surface area contributed by atoms with Crippen LogP contribution in [0.2, 0.25) is 0 Å². The Labute approximate surface area is 170 Å². The van der Waals surface area contributed by atoms with Gasteiger partial charge in [-0.1, -0.05) is 35.5 Å². The number of carbonyl (C=O) groups excluding carboxylic acids is 1. The number of amides is 1. The molecule has 2 aromatic carbocycles. The van der Waals surface area contributed by atoms with Crippen molar-refractivity contribution in [3.05, 3.63) is 105 Å². The number of carbonyl (C=O) groups is 1. The van der Waals surface area contributed by atoms with Gasteiger partial charge in [0.05, 0.1) is 29.7 Å². The Morgan fingerprint density at radius 3 is 2.43 bits per heavy atom. The number of hydrogen-bond acceptors (Lipinski definition) is 5. The van der Waals surface area contributed by atoms with Gasteiger partial charge >= 0.3 is 5.69 Å². The number of hydrogen-bond donors (Lipinski definition) is 2. The van der Waals surface area contributed by atoms with Crippen LogP contribution in [0.25, 0.3) is 11.4 Å². The van der Waals surface area contributed by atoms with Gasteiger partial charge in [0.25, 0.3) is 5.56 Å². The van der Waals surface area contributed by atoms with Crippen LogP contribution in [0.5, 0.6) is 0 Å². The summed E-state index contributed by atoms with van der Waals surface area (Å²) in [5.41, 5.74) is 1.92. The first kappa shape index (κ1) is 19.1. The molecule has 0 radical (unpaired) electrons. The molecule has 1 amide bonds. The monoisotopic (exact) mass is 402 g/mol. The van der Waals surface area contributed by atoms with Gasteiger partial charge in [0, 0.05) is 18.8 Å². The van der Waals surface area contributed by atoms with Gasteiger partial charge in [-0.05, 0) is 29.8 Å². The summed E-state index contributed by atoms with van der Waals surface area (Å²) < 4.78 is 2.88. The molecule has 2 N–H and O–H groups in total. The lowest BCUT2D eigenvalue weighted by Crippen LogP contribution is -2.27. The van der Waals surface area contributed by atoms with E-state index in [2.05, 4.69) is 20.6 Å². The standard InChI is InChI=1S/C21H18N6O3/c28-19-10-11-26(21(30)23-19)17-6-8-18(9-7-17)27-14-16(24-25-27)12-20(29)22-13-15-4-2-1-3-5-15/h1-11,14H,12-13H2,(H,22,29)(H,23,28,30). The van der Waals surface area contributed by atoms with E-state index in [4.69, 9.17) is 0 Å².